The molecular formula is C27H36FNO4. The molecule has 6 heteroatoms. The highest BCUT2D eigenvalue weighted by atomic mass is 19.1. The molecule has 0 radical (unpaired) electrons. The summed E-state index contributed by atoms with van der Waals surface area (Å²) in [6, 6.07) is 2.99. The maximum absolute atomic E-state index is 15.2. The van der Waals surface area contributed by atoms with E-state index in [-0.39, 0.29) is 16.9 Å². The van der Waals surface area contributed by atoms with E-state index < -0.39 is 23.2 Å². The average molecular weight is 458 g/mol. The molecule has 5 rings (SSSR count). The summed E-state index contributed by atoms with van der Waals surface area (Å²) in [4.78, 5) is 25.9. The number of amides is 1. The number of rotatable bonds is 7. The van der Waals surface area contributed by atoms with Crippen LogP contribution in [0, 0.1) is 29.0 Å². The number of fused-ring (bicyclic) bond motifs is 2. The number of nitrogens with zero attached hydrogens (tertiary/aromatic N) is 1. The van der Waals surface area contributed by atoms with Gasteiger partial charge in [-0.05, 0) is 93.1 Å². The molecule has 1 N–H and O–H groups in total. The van der Waals surface area contributed by atoms with Crippen LogP contribution in [0.2, 0.25) is 0 Å². The number of benzene rings is 1. The summed E-state index contributed by atoms with van der Waals surface area (Å²) in [6.07, 6.45) is 9.08. The van der Waals surface area contributed by atoms with Gasteiger partial charge in [-0.2, -0.15) is 0 Å². The highest BCUT2D eigenvalue weighted by molar-refractivity contribution is 5.99. The molecule has 0 saturated heterocycles. The Morgan fingerprint density at radius 1 is 1.15 bits per heavy atom. The van der Waals surface area contributed by atoms with E-state index in [1.54, 1.807) is 6.07 Å². The first-order chi connectivity index (χ1) is 15.6. The number of likely N-dealkylation sites (N-methyl/N-ethyl adjacent to an activating group) is 1. The van der Waals surface area contributed by atoms with Gasteiger partial charge in [0.15, 0.2) is 0 Å². The molecule has 2 unspecified atom stereocenters. The van der Waals surface area contributed by atoms with Crippen LogP contribution in [0.3, 0.4) is 0 Å². The lowest BCUT2D eigenvalue weighted by Crippen LogP contribution is -2.44. The zero-order chi connectivity index (χ0) is 23.5. The molecule has 0 aromatic heterocycles. The van der Waals surface area contributed by atoms with Crippen LogP contribution in [0.1, 0.15) is 93.5 Å². The second-order valence-corrected chi connectivity index (χ2v) is 11.9. The molecule has 1 aromatic rings. The van der Waals surface area contributed by atoms with Crippen LogP contribution in [0.4, 0.5) is 4.39 Å². The van der Waals surface area contributed by atoms with Gasteiger partial charge in [-0.1, -0.05) is 13.8 Å². The molecule has 0 aliphatic heterocycles. The molecule has 2 atom stereocenters. The first-order valence-corrected chi connectivity index (χ1v) is 12.6. The van der Waals surface area contributed by atoms with Crippen LogP contribution in [0.5, 0.6) is 5.75 Å². The number of carbonyl (C=O) groups excluding carboxylic acids is 1. The molecule has 0 spiro atoms. The fraction of sp³-hybridized carbons (Fsp3) is 0.704. The largest absolute Gasteiger partial charge is 0.493 e. The zero-order valence-electron chi connectivity index (χ0n) is 20.0. The minimum absolute atomic E-state index is 0.0494. The van der Waals surface area contributed by atoms with Crippen LogP contribution in [0.15, 0.2) is 12.1 Å². The topological polar surface area (TPSA) is 66.8 Å². The van der Waals surface area contributed by atoms with Crippen LogP contribution in [0.25, 0.3) is 0 Å². The summed E-state index contributed by atoms with van der Waals surface area (Å²) in [5, 5.41) is 9.52. The van der Waals surface area contributed by atoms with E-state index in [9.17, 15) is 14.7 Å². The second kappa shape index (κ2) is 7.99. The Morgan fingerprint density at radius 2 is 1.79 bits per heavy atom. The van der Waals surface area contributed by atoms with Gasteiger partial charge < -0.3 is 14.7 Å². The van der Waals surface area contributed by atoms with Gasteiger partial charge in [0.25, 0.3) is 5.91 Å². The molecule has 1 aromatic carbocycles. The van der Waals surface area contributed by atoms with Crippen LogP contribution in [-0.2, 0) is 4.79 Å². The zero-order valence-corrected chi connectivity index (χ0v) is 20.0. The van der Waals surface area contributed by atoms with Crippen LogP contribution < -0.4 is 4.74 Å². The third kappa shape index (κ3) is 4.26. The lowest BCUT2D eigenvalue weighted by molar-refractivity contribution is -0.143. The quantitative estimate of drug-likeness (QED) is 0.577. The molecule has 4 aliphatic rings. The van der Waals surface area contributed by atoms with E-state index in [0.29, 0.717) is 25.2 Å². The lowest BCUT2D eigenvalue weighted by Gasteiger charge is -2.47. The monoisotopic (exact) mass is 457 g/mol. The van der Waals surface area contributed by atoms with Crippen LogP contribution in [-0.4, -0.2) is 41.1 Å². The Labute approximate surface area is 195 Å². The first-order valence-electron chi connectivity index (χ1n) is 12.6. The molecule has 4 fully saturated rings. The number of hydrogen-bond donors (Lipinski definition) is 1. The van der Waals surface area contributed by atoms with E-state index in [2.05, 4.69) is 13.8 Å². The van der Waals surface area contributed by atoms with Crippen molar-refractivity contribution >= 4 is 11.9 Å². The van der Waals surface area contributed by atoms with Crippen molar-refractivity contribution in [2.45, 2.75) is 83.1 Å². The van der Waals surface area contributed by atoms with Crippen molar-refractivity contribution in [2.24, 2.45) is 23.2 Å². The minimum Gasteiger partial charge on any atom is -0.493 e. The molecule has 4 aliphatic carbocycles. The van der Waals surface area contributed by atoms with Gasteiger partial charge in [-0.3, -0.25) is 4.79 Å². The van der Waals surface area contributed by atoms with Gasteiger partial charge in [0, 0.05) is 18.5 Å². The Balaban J connectivity index is 1.34. The van der Waals surface area contributed by atoms with E-state index >= 15 is 4.39 Å². The Morgan fingerprint density at radius 3 is 2.33 bits per heavy atom. The molecule has 33 heavy (non-hydrogen) atoms. The highest BCUT2D eigenvalue weighted by Crippen LogP contribution is 2.51. The van der Waals surface area contributed by atoms with Crippen molar-refractivity contribution in [3.05, 3.63) is 29.1 Å². The maximum atomic E-state index is 15.2. The summed E-state index contributed by atoms with van der Waals surface area (Å²) < 4.78 is 21.5. The molecule has 180 valence electrons. The van der Waals surface area contributed by atoms with Gasteiger partial charge in [-0.25, -0.2) is 9.18 Å². The third-order valence-corrected chi connectivity index (χ3v) is 8.69. The smallest absolute Gasteiger partial charge is 0.329 e. The van der Waals surface area contributed by atoms with Crippen molar-refractivity contribution in [3.63, 3.8) is 0 Å². The predicted octanol–water partition coefficient (Wildman–Crippen LogP) is 5.62. The number of carboxylic acid groups (broad SMARTS) is 1. The standard InChI is InChI=1S/C27H36FNO4/c1-16-8-17-10-18(9-16)14-26(2,13-17)15-33-23-12-22(28)21(11-20(23)19-4-5-19)24(30)29(3)27(6-7-27)25(31)32/h11-12,16-19H,4-10,13-15H2,1-3H3,(H,31,32). The number of hydrogen-bond acceptors (Lipinski definition) is 3. The number of aliphatic carboxylic acids is 1. The van der Waals surface area contributed by atoms with E-state index in [0.717, 1.165) is 49.0 Å². The van der Waals surface area contributed by atoms with Gasteiger partial charge in [-0.15, -0.1) is 0 Å². The number of ether oxygens (including phenoxy) is 1. The normalized spacial score (nSPS) is 32.2. The Kier molecular flexibility index (Phi) is 5.49. The van der Waals surface area contributed by atoms with Gasteiger partial charge in [0.2, 0.25) is 0 Å². The summed E-state index contributed by atoms with van der Waals surface area (Å²) in [7, 11) is 1.46. The van der Waals surface area contributed by atoms with Crippen molar-refractivity contribution in [1.29, 1.82) is 0 Å². The molecule has 1 amide bonds. The molecule has 5 nitrogen and oxygen atoms in total. The van der Waals surface area contributed by atoms with Crippen molar-refractivity contribution in [2.75, 3.05) is 13.7 Å². The summed E-state index contributed by atoms with van der Waals surface area (Å²) in [6.45, 7) is 5.25. The van der Waals surface area contributed by atoms with Gasteiger partial charge in [0.05, 0.1) is 12.2 Å². The number of carbonyl (C=O) groups is 2. The van der Waals surface area contributed by atoms with E-state index in [4.69, 9.17) is 4.74 Å². The highest BCUT2D eigenvalue weighted by Gasteiger charge is 2.56. The Bertz CT molecular complexity index is 949. The molecule has 4 saturated carbocycles. The summed E-state index contributed by atoms with van der Waals surface area (Å²) >= 11 is 0. The van der Waals surface area contributed by atoms with Crippen molar-refractivity contribution < 1.29 is 23.8 Å². The molecule has 0 heterocycles. The predicted molar refractivity (Wildman–Crippen MR) is 123 cm³/mol. The first kappa shape index (κ1) is 22.7. The summed E-state index contributed by atoms with van der Waals surface area (Å²) in [5.74, 6) is 0.953. The maximum Gasteiger partial charge on any atom is 0.329 e. The molecule has 2 bridgehead atoms. The van der Waals surface area contributed by atoms with E-state index in [1.807, 2.05) is 0 Å². The van der Waals surface area contributed by atoms with Crippen molar-refractivity contribution in [1.82, 2.24) is 4.90 Å². The fourth-order valence-corrected chi connectivity index (χ4v) is 6.84. The van der Waals surface area contributed by atoms with Crippen molar-refractivity contribution in [3.8, 4) is 5.75 Å². The SMILES string of the molecule is CC1CC2CC(C1)CC(C)(COc1cc(F)c(C(=O)N(C)C3(C(=O)O)CC3)cc1C1CC1)C2. The lowest BCUT2D eigenvalue weighted by atomic mass is 9.60. The second-order valence-electron chi connectivity index (χ2n) is 11.9. The van der Waals surface area contributed by atoms with Gasteiger partial charge >= 0.3 is 5.97 Å². The molecular weight excluding hydrogens is 421 g/mol. The van der Waals surface area contributed by atoms with E-state index in [1.165, 1.54) is 37.3 Å². The number of carboxylic acids is 1. The Hall–Kier alpha value is -2.11. The van der Waals surface area contributed by atoms with Crippen LogP contribution >= 0.6 is 0 Å². The average Bonchev–Trinajstić information content (AvgIpc) is 3.64. The minimum atomic E-state index is -1.19. The fourth-order valence-electron chi connectivity index (χ4n) is 6.84. The van der Waals surface area contributed by atoms with Gasteiger partial charge in [0.1, 0.15) is 17.1 Å². The summed E-state index contributed by atoms with van der Waals surface area (Å²) in [5.41, 5.74) is -0.253. The number of halogens is 1. The third-order valence-electron chi connectivity index (χ3n) is 8.69.